The van der Waals surface area contributed by atoms with Gasteiger partial charge >= 0.3 is 0 Å². The Morgan fingerprint density at radius 3 is 2.41 bits per heavy atom. The minimum Gasteiger partial charge on any atom is -0.483 e. The maximum atomic E-state index is 12.5. The first kappa shape index (κ1) is 24.9. The first-order valence-electron chi connectivity index (χ1n) is 10.6. The van der Waals surface area contributed by atoms with Gasteiger partial charge in [0.15, 0.2) is 6.61 Å². The summed E-state index contributed by atoms with van der Waals surface area (Å²) in [5.41, 5.74) is 0.251. The third-order valence-corrected chi connectivity index (χ3v) is 4.54. The molecule has 0 saturated heterocycles. The SMILES string of the molecule is CCCCCCCCN(O)C(=O)c1ccccc1OCC(=O)NCCCN(C)C. The summed E-state index contributed by atoms with van der Waals surface area (Å²) in [6.45, 7) is 3.75. The van der Waals surface area contributed by atoms with E-state index in [1.54, 1.807) is 24.3 Å². The van der Waals surface area contributed by atoms with Crippen LogP contribution in [0, 0.1) is 0 Å². The van der Waals surface area contributed by atoms with E-state index in [1.165, 1.54) is 19.3 Å². The lowest BCUT2D eigenvalue weighted by atomic mass is 10.1. The second-order valence-electron chi connectivity index (χ2n) is 7.49. The van der Waals surface area contributed by atoms with Crippen molar-refractivity contribution in [1.82, 2.24) is 15.3 Å². The molecule has 0 heterocycles. The summed E-state index contributed by atoms with van der Waals surface area (Å²) in [4.78, 5) is 26.5. The molecule has 1 rings (SSSR count). The highest BCUT2D eigenvalue weighted by atomic mass is 16.5. The number of carbonyl (C=O) groups excluding carboxylic acids is 2. The molecule has 7 heteroatoms. The largest absolute Gasteiger partial charge is 0.483 e. The van der Waals surface area contributed by atoms with Gasteiger partial charge < -0.3 is 15.0 Å². The van der Waals surface area contributed by atoms with Crippen LogP contribution in [-0.2, 0) is 4.79 Å². The van der Waals surface area contributed by atoms with Crippen LogP contribution in [0.3, 0.4) is 0 Å². The molecule has 0 unspecified atom stereocenters. The molecule has 0 fully saturated rings. The fraction of sp³-hybridized carbons (Fsp3) is 0.636. The highest BCUT2D eigenvalue weighted by Crippen LogP contribution is 2.20. The van der Waals surface area contributed by atoms with Crippen molar-refractivity contribution in [1.29, 1.82) is 0 Å². The number of rotatable bonds is 15. The summed E-state index contributed by atoms with van der Waals surface area (Å²) in [6.07, 6.45) is 7.29. The minimum atomic E-state index is -0.513. The topological polar surface area (TPSA) is 82.1 Å². The number of nitrogens with one attached hydrogen (secondary N) is 1. The zero-order chi connectivity index (χ0) is 21.5. The Morgan fingerprint density at radius 1 is 1.00 bits per heavy atom. The monoisotopic (exact) mass is 407 g/mol. The summed E-state index contributed by atoms with van der Waals surface area (Å²) < 4.78 is 5.54. The number of para-hydroxylation sites is 1. The van der Waals surface area contributed by atoms with Gasteiger partial charge in [0.25, 0.3) is 11.8 Å². The Morgan fingerprint density at radius 2 is 1.69 bits per heavy atom. The van der Waals surface area contributed by atoms with Gasteiger partial charge in [0.2, 0.25) is 0 Å². The van der Waals surface area contributed by atoms with Crippen molar-refractivity contribution in [3.63, 3.8) is 0 Å². The summed E-state index contributed by atoms with van der Waals surface area (Å²) in [6, 6.07) is 6.67. The molecule has 7 nitrogen and oxygen atoms in total. The van der Waals surface area contributed by atoms with E-state index >= 15 is 0 Å². The first-order chi connectivity index (χ1) is 14.0. The molecule has 29 heavy (non-hydrogen) atoms. The Bertz CT molecular complexity index is 607. The van der Waals surface area contributed by atoms with Crippen LogP contribution in [-0.4, -0.2) is 67.3 Å². The molecule has 0 radical (unpaired) electrons. The number of amides is 2. The average molecular weight is 408 g/mol. The Labute approximate surface area is 175 Å². The van der Waals surface area contributed by atoms with Crippen LogP contribution in [0.2, 0.25) is 0 Å². The fourth-order valence-corrected chi connectivity index (χ4v) is 2.87. The van der Waals surface area contributed by atoms with Crippen molar-refractivity contribution in [3.05, 3.63) is 29.8 Å². The van der Waals surface area contributed by atoms with Gasteiger partial charge in [-0.25, -0.2) is 5.06 Å². The van der Waals surface area contributed by atoms with Crippen LogP contribution in [0.25, 0.3) is 0 Å². The van der Waals surface area contributed by atoms with Crippen LogP contribution < -0.4 is 10.1 Å². The smallest absolute Gasteiger partial charge is 0.280 e. The van der Waals surface area contributed by atoms with Gasteiger partial charge in [-0.05, 0) is 45.6 Å². The highest BCUT2D eigenvalue weighted by Gasteiger charge is 2.18. The zero-order valence-corrected chi connectivity index (χ0v) is 18.2. The molecule has 0 spiro atoms. The van der Waals surface area contributed by atoms with Gasteiger partial charge in [-0.1, -0.05) is 51.2 Å². The van der Waals surface area contributed by atoms with Crippen LogP contribution in [0.1, 0.15) is 62.2 Å². The number of carbonyl (C=O) groups is 2. The summed E-state index contributed by atoms with van der Waals surface area (Å²) in [5.74, 6) is -0.456. The molecule has 164 valence electrons. The molecular weight excluding hydrogens is 370 g/mol. The van der Waals surface area contributed by atoms with Crippen molar-refractivity contribution < 1.29 is 19.5 Å². The van der Waals surface area contributed by atoms with E-state index in [9.17, 15) is 14.8 Å². The number of unbranched alkanes of at least 4 members (excludes halogenated alkanes) is 5. The fourth-order valence-electron chi connectivity index (χ4n) is 2.87. The number of hydroxylamine groups is 2. The maximum absolute atomic E-state index is 12.5. The average Bonchev–Trinajstić information content (AvgIpc) is 2.71. The van der Waals surface area contributed by atoms with E-state index in [-0.39, 0.29) is 24.6 Å². The van der Waals surface area contributed by atoms with E-state index < -0.39 is 5.91 Å². The summed E-state index contributed by atoms with van der Waals surface area (Å²) in [5, 5.41) is 13.6. The predicted octanol–water partition coefficient (Wildman–Crippen LogP) is 3.33. The molecule has 0 saturated carbocycles. The van der Waals surface area contributed by atoms with Gasteiger partial charge in [0, 0.05) is 13.1 Å². The minimum absolute atomic E-state index is 0.172. The molecule has 1 aromatic carbocycles. The van der Waals surface area contributed by atoms with E-state index in [0.29, 0.717) is 12.3 Å². The molecule has 0 atom stereocenters. The molecule has 1 aromatic rings. The number of benzene rings is 1. The number of nitrogens with zero attached hydrogens (tertiary/aromatic N) is 2. The molecule has 0 aromatic heterocycles. The van der Waals surface area contributed by atoms with E-state index in [0.717, 1.165) is 37.3 Å². The lowest BCUT2D eigenvalue weighted by molar-refractivity contribution is -0.123. The van der Waals surface area contributed by atoms with Crippen LogP contribution in [0.15, 0.2) is 24.3 Å². The van der Waals surface area contributed by atoms with Crippen molar-refractivity contribution in [2.45, 2.75) is 51.9 Å². The molecule has 0 aliphatic heterocycles. The van der Waals surface area contributed by atoms with Gasteiger partial charge in [0.1, 0.15) is 5.75 Å². The van der Waals surface area contributed by atoms with E-state index in [1.807, 2.05) is 14.1 Å². The standard InChI is InChI=1S/C22H37N3O4/c1-4-5-6-7-8-11-17-25(28)22(27)19-13-9-10-14-20(19)29-18-21(26)23-15-12-16-24(2)3/h9-10,13-14,28H,4-8,11-12,15-18H2,1-3H3,(H,23,26). The quantitative estimate of drug-likeness (QED) is 0.265. The molecule has 0 bridgehead atoms. The normalized spacial score (nSPS) is 10.8. The molecule has 2 amide bonds. The van der Waals surface area contributed by atoms with Crippen molar-refractivity contribution in [3.8, 4) is 5.75 Å². The molecule has 0 aliphatic carbocycles. The highest BCUT2D eigenvalue weighted by molar-refractivity contribution is 5.96. The molecular formula is C22H37N3O4. The van der Waals surface area contributed by atoms with E-state index in [4.69, 9.17) is 4.74 Å². The third kappa shape index (κ3) is 10.9. The first-order valence-corrected chi connectivity index (χ1v) is 10.6. The maximum Gasteiger partial charge on any atom is 0.280 e. The Hall–Kier alpha value is -2.12. The van der Waals surface area contributed by atoms with Crippen molar-refractivity contribution in [2.24, 2.45) is 0 Å². The predicted molar refractivity (Wildman–Crippen MR) is 114 cm³/mol. The van der Waals surface area contributed by atoms with Crippen LogP contribution in [0.5, 0.6) is 5.75 Å². The third-order valence-electron chi connectivity index (χ3n) is 4.54. The second-order valence-corrected chi connectivity index (χ2v) is 7.49. The Balaban J connectivity index is 2.44. The van der Waals surface area contributed by atoms with Gasteiger partial charge in [0.05, 0.1) is 5.56 Å². The Kier molecular flexibility index (Phi) is 12.7. The number of ether oxygens (including phenoxy) is 1. The van der Waals surface area contributed by atoms with Gasteiger partial charge in [-0.2, -0.15) is 0 Å². The van der Waals surface area contributed by atoms with Crippen molar-refractivity contribution in [2.75, 3.05) is 40.3 Å². The summed E-state index contributed by atoms with van der Waals surface area (Å²) >= 11 is 0. The van der Waals surface area contributed by atoms with Gasteiger partial charge in [-0.15, -0.1) is 0 Å². The molecule has 2 N–H and O–H groups in total. The van der Waals surface area contributed by atoms with E-state index in [2.05, 4.69) is 17.1 Å². The number of hydrogen-bond acceptors (Lipinski definition) is 5. The second kappa shape index (κ2) is 14.8. The lowest BCUT2D eigenvalue weighted by Gasteiger charge is -2.17. The molecule has 0 aliphatic rings. The zero-order valence-electron chi connectivity index (χ0n) is 18.2. The van der Waals surface area contributed by atoms with Crippen LogP contribution >= 0.6 is 0 Å². The van der Waals surface area contributed by atoms with Gasteiger partial charge in [-0.3, -0.25) is 14.8 Å². The van der Waals surface area contributed by atoms with Crippen LogP contribution in [0.4, 0.5) is 0 Å². The lowest BCUT2D eigenvalue weighted by Crippen LogP contribution is -2.32. The van der Waals surface area contributed by atoms with Crippen molar-refractivity contribution >= 4 is 11.8 Å². The number of hydrogen-bond donors (Lipinski definition) is 2. The summed E-state index contributed by atoms with van der Waals surface area (Å²) in [7, 11) is 3.96.